The molecule has 2 N–H and O–H groups in total. The first kappa shape index (κ1) is 45.8. The molecule has 0 spiro atoms. The van der Waals surface area contributed by atoms with Crippen LogP contribution >= 0.6 is 0 Å². The number of carbonyl (C=O) groups excluding carboxylic acids is 4. The van der Waals surface area contributed by atoms with E-state index >= 15 is 0 Å². The number of fused-ring (bicyclic) bond motifs is 1. The minimum Gasteiger partial charge on any atom is -0.459 e. The molecule has 1 aliphatic carbocycles. The van der Waals surface area contributed by atoms with Crippen LogP contribution in [0.3, 0.4) is 0 Å². The fraction of sp³-hybridized carbons (Fsp3) is 0.628. The summed E-state index contributed by atoms with van der Waals surface area (Å²) in [5, 5.41) is 6.00. The summed E-state index contributed by atoms with van der Waals surface area (Å²) in [5.74, 6) is -3.06. The number of ether oxygens (including phenoxy) is 3. The molecule has 3 unspecified atom stereocenters. The van der Waals surface area contributed by atoms with E-state index in [1.807, 2.05) is 52.0 Å². The molecule has 13 nitrogen and oxygen atoms in total. The van der Waals surface area contributed by atoms with E-state index in [2.05, 4.69) is 10.6 Å². The van der Waals surface area contributed by atoms with Crippen molar-refractivity contribution in [1.82, 2.24) is 15.5 Å². The van der Waals surface area contributed by atoms with Gasteiger partial charge in [-0.05, 0) is 102 Å². The number of carbonyl (C=O) groups is 4. The van der Waals surface area contributed by atoms with Crippen molar-refractivity contribution in [3.8, 4) is 0 Å². The Morgan fingerprint density at radius 1 is 0.877 bits per heavy atom. The first-order chi connectivity index (χ1) is 26.8. The quantitative estimate of drug-likeness (QED) is 0.0792. The molecule has 5 atom stereocenters. The predicted octanol–water partition coefficient (Wildman–Crippen LogP) is 5.58. The third kappa shape index (κ3) is 13.3. The van der Waals surface area contributed by atoms with Gasteiger partial charge in [-0.15, -0.1) is 0 Å². The summed E-state index contributed by atoms with van der Waals surface area (Å²) in [6.45, 7) is 16.0. The highest BCUT2D eigenvalue weighted by atomic mass is 32.2. The van der Waals surface area contributed by atoms with Gasteiger partial charge in [-0.2, -0.15) is 8.42 Å². The second-order valence-corrected chi connectivity index (χ2v) is 18.8. The molecule has 4 rings (SSSR count). The van der Waals surface area contributed by atoms with E-state index in [0.717, 1.165) is 29.5 Å². The van der Waals surface area contributed by atoms with Gasteiger partial charge in [-0.25, -0.2) is 0 Å². The SMILES string of the molecule is Cc1ccc(S(=O)(=O)OCCCCCOCCCO[C@@H]2Cc3ccccc3[C@@H]2NC(=O)C2CCCN2C(=O)C(NC(=O)C(C)C(=O)OC(C)(C)C)C(C)(C)C)cc1. The lowest BCUT2D eigenvalue weighted by molar-refractivity contribution is -0.162. The summed E-state index contributed by atoms with van der Waals surface area (Å²) in [4.78, 5) is 55.7. The van der Waals surface area contributed by atoms with E-state index in [0.29, 0.717) is 58.5 Å². The van der Waals surface area contributed by atoms with Crippen LogP contribution < -0.4 is 10.6 Å². The normalized spacial score (nSPS) is 19.4. The zero-order valence-electron chi connectivity index (χ0n) is 34.9. The van der Waals surface area contributed by atoms with Crippen LogP contribution in [0.4, 0.5) is 0 Å². The summed E-state index contributed by atoms with van der Waals surface area (Å²) in [7, 11) is -3.76. The number of nitrogens with zero attached hydrogens (tertiary/aromatic N) is 1. The average molecular weight is 814 g/mol. The molecule has 57 heavy (non-hydrogen) atoms. The van der Waals surface area contributed by atoms with Crippen LogP contribution in [0, 0.1) is 18.3 Å². The number of hydrogen-bond donors (Lipinski definition) is 2. The Bertz CT molecular complexity index is 1780. The van der Waals surface area contributed by atoms with Crippen molar-refractivity contribution in [2.24, 2.45) is 11.3 Å². The molecule has 0 bridgehead atoms. The number of unbranched alkanes of at least 4 members (excludes halogenated alkanes) is 2. The summed E-state index contributed by atoms with van der Waals surface area (Å²) in [5.41, 5.74) is 1.58. The van der Waals surface area contributed by atoms with Gasteiger partial charge in [-0.3, -0.25) is 23.4 Å². The van der Waals surface area contributed by atoms with E-state index < -0.39 is 57.1 Å². The fourth-order valence-electron chi connectivity index (χ4n) is 6.94. The van der Waals surface area contributed by atoms with Crippen LogP contribution in [-0.4, -0.2) is 93.8 Å². The molecule has 1 aliphatic heterocycles. The van der Waals surface area contributed by atoms with E-state index in [1.54, 1.807) is 49.9 Å². The number of aryl methyl sites for hydroxylation is 1. The van der Waals surface area contributed by atoms with Crippen LogP contribution in [0.15, 0.2) is 53.4 Å². The fourth-order valence-corrected chi connectivity index (χ4v) is 7.88. The van der Waals surface area contributed by atoms with Crippen molar-refractivity contribution in [3.63, 3.8) is 0 Å². The average Bonchev–Trinajstić information content (AvgIpc) is 3.76. The number of rotatable bonds is 19. The van der Waals surface area contributed by atoms with Crippen molar-refractivity contribution in [3.05, 3.63) is 65.2 Å². The second kappa shape index (κ2) is 20.2. The topological polar surface area (TPSA) is 167 Å². The summed E-state index contributed by atoms with van der Waals surface area (Å²) >= 11 is 0. The Kier molecular flexibility index (Phi) is 16.3. The van der Waals surface area contributed by atoms with E-state index in [9.17, 15) is 27.6 Å². The number of nitrogens with one attached hydrogen (secondary N) is 2. The van der Waals surface area contributed by atoms with Crippen molar-refractivity contribution in [1.29, 1.82) is 0 Å². The van der Waals surface area contributed by atoms with Crippen molar-refractivity contribution >= 4 is 33.8 Å². The Labute approximate surface area is 339 Å². The zero-order valence-corrected chi connectivity index (χ0v) is 35.7. The number of hydrogen-bond acceptors (Lipinski definition) is 10. The second-order valence-electron chi connectivity index (χ2n) is 17.2. The first-order valence-electron chi connectivity index (χ1n) is 20.2. The van der Waals surface area contributed by atoms with Gasteiger partial charge in [0.1, 0.15) is 23.6 Å². The molecule has 0 aromatic heterocycles. The smallest absolute Gasteiger partial charge is 0.318 e. The Morgan fingerprint density at radius 2 is 1.54 bits per heavy atom. The number of benzene rings is 2. The highest BCUT2D eigenvalue weighted by Crippen LogP contribution is 2.34. The molecule has 1 saturated heterocycles. The molecule has 1 fully saturated rings. The number of likely N-dealkylation sites (tertiary alicyclic amines) is 1. The third-order valence-electron chi connectivity index (χ3n) is 10.1. The van der Waals surface area contributed by atoms with E-state index in [-0.39, 0.29) is 29.4 Å². The van der Waals surface area contributed by atoms with Gasteiger partial charge < -0.3 is 29.7 Å². The Morgan fingerprint density at radius 3 is 2.23 bits per heavy atom. The van der Waals surface area contributed by atoms with Crippen LogP contribution in [0.25, 0.3) is 0 Å². The summed E-state index contributed by atoms with van der Waals surface area (Å²) in [6.07, 6.45) is 4.24. The molecule has 1 heterocycles. The Hall–Kier alpha value is -3.85. The minimum absolute atomic E-state index is 0.118. The molecule has 2 aromatic carbocycles. The standard InChI is InChI=1S/C43H63N3O10S/c1-29-19-21-32(22-20-29)57(51,52)55-27-13-9-12-24-53-25-15-26-54-35-28-31-16-10-11-17-33(31)36(35)44-39(48)34-18-14-23-46(34)40(49)37(42(3,4)5)45-38(47)30(2)41(50)56-43(6,7)8/h10-11,16-17,19-22,30,34-37H,9,12-15,18,23-28H2,1-8H3,(H,44,48)(H,45,47)/t30?,34?,35-,36+,37?/m1/s1. The van der Waals surface area contributed by atoms with Gasteiger partial charge in [0, 0.05) is 32.8 Å². The van der Waals surface area contributed by atoms with Crippen molar-refractivity contribution in [2.75, 3.05) is 33.0 Å². The highest BCUT2D eigenvalue weighted by molar-refractivity contribution is 7.86. The van der Waals surface area contributed by atoms with Gasteiger partial charge in [0.25, 0.3) is 10.1 Å². The Balaban J connectivity index is 1.24. The lowest BCUT2D eigenvalue weighted by Crippen LogP contribution is -2.59. The predicted molar refractivity (Wildman–Crippen MR) is 216 cm³/mol. The molecular weight excluding hydrogens is 751 g/mol. The van der Waals surface area contributed by atoms with Gasteiger partial charge >= 0.3 is 5.97 Å². The van der Waals surface area contributed by atoms with Crippen molar-refractivity contribution in [2.45, 2.75) is 135 Å². The maximum Gasteiger partial charge on any atom is 0.318 e. The van der Waals surface area contributed by atoms with Crippen LogP contribution in [0.5, 0.6) is 0 Å². The van der Waals surface area contributed by atoms with Gasteiger partial charge in [-0.1, -0.05) is 62.7 Å². The van der Waals surface area contributed by atoms with Crippen LogP contribution in [0.1, 0.15) is 110 Å². The molecule has 14 heteroatoms. The van der Waals surface area contributed by atoms with Crippen molar-refractivity contribution < 1.29 is 46.0 Å². The third-order valence-corrected chi connectivity index (χ3v) is 11.4. The zero-order chi connectivity index (χ0) is 42.0. The lowest BCUT2D eigenvalue weighted by Gasteiger charge is -2.36. The molecule has 0 saturated carbocycles. The van der Waals surface area contributed by atoms with Crippen LogP contribution in [0.2, 0.25) is 0 Å². The molecule has 2 aliphatic rings. The molecule has 2 aromatic rings. The first-order valence-corrected chi connectivity index (χ1v) is 21.6. The largest absolute Gasteiger partial charge is 0.459 e. The van der Waals surface area contributed by atoms with Gasteiger partial charge in [0.05, 0.1) is 23.6 Å². The maximum absolute atomic E-state index is 14.1. The minimum atomic E-state index is -3.76. The van der Waals surface area contributed by atoms with Crippen LogP contribution in [-0.2, 0) is 54.1 Å². The highest BCUT2D eigenvalue weighted by Gasteiger charge is 2.44. The van der Waals surface area contributed by atoms with E-state index in [4.69, 9.17) is 18.4 Å². The lowest BCUT2D eigenvalue weighted by atomic mass is 9.85. The number of esters is 1. The molecular formula is C43H63N3O10S. The van der Waals surface area contributed by atoms with Gasteiger partial charge in [0.2, 0.25) is 17.7 Å². The molecule has 316 valence electrons. The molecule has 0 radical (unpaired) electrons. The van der Waals surface area contributed by atoms with E-state index in [1.165, 1.54) is 6.92 Å². The number of amides is 3. The molecule has 3 amide bonds. The summed E-state index contributed by atoms with van der Waals surface area (Å²) in [6, 6.07) is 12.4. The van der Waals surface area contributed by atoms with Gasteiger partial charge in [0.15, 0.2) is 0 Å². The monoisotopic (exact) mass is 813 g/mol. The maximum atomic E-state index is 14.1. The summed E-state index contributed by atoms with van der Waals surface area (Å²) < 4.78 is 47.4.